The van der Waals surface area contributed by atoms with Crippen molar-refractivity contribution in [2.75, 3.05) is 31.1 Å². The summed E-state index contributed by atoms with van der Waals surface area (Å²) in [5.74, 6) is 0.600. The van der Waals surface area contributed by atoms with Crippen LogP contribution in [0.15, 0.2) is 60.7 Å². The zero-order chi connectivity index (χ0) is 17.9. The van der Waals surface area contributed by atoms with E-state index >= 15 is 0 Å². The molecule has 26 heavy (non-hydrogen) atoms. The number of carbonyl (C=O) groups is 1. The number of fused-ring (bicyclic) bond motifs is 1. The van der Waals surface area contributed by atoms with Crippen LogP contribution < -0.4 is 4.90 Å². The van der Waals surface area contributed by atoms with Crippen molar-refractivity contribution in [2.45, 2.75) is 25.7 Å². The number of rotatable bonds is 4. The minimum absolute atomic E-state index is 0.147. The number of para-hydroxylation sites is 1. The summed E-state index contributed by atoms with van der Waals surface area (Å²) in [6.45, 7) is 5.72. The predicted molar refractivity (Wildman–Crippen MR) is 107 cm³/mol. The quantitative estimate of drug-likeness (QED) is 0.823. The van der Waals surface area contributed by atoms with Gasteiger partial charge in [-0.25, -0.2) is 0 Å². The third-order valence-corrected chi connectivity index (χ3v) is 5.68. The zero-order valence-electron chi connectivity index (χ0n) is 15.4. The number of amides is 1. The van der Waals surface area contributed by atoms with Crippen molar-refractivity contribution in [3.05, 3.63) is 71.8 Å². The van der Waals surface area contributed by atoms with Crippen LogP contribution >= 0.6 is 0 Å². The number of nitrogens with zero attached hydrogens (tertiary/aromatic N) is 2. The molecule has 1 unspecified atom stereocenters. The summed E-state index contributed by atoms with van der Waals surface area (Å²) in [6.07, 6.45) is 4.60. The van der Waals surface area contributed by atoms with Crippen LogP contribution in [0.3, 0.4) is 0 Å². The monoisotopic (exact) mass is 346 g/mol. The van der Waals surface area contributed by atoms with E-state index in [1.165, 1.54) is 16.7 Å². The van der Waals surface area contributed by atoms with Crippen molar-refractivity contribution in [3.8, 4) is 0 Å². The molecule has 2 aliphatic heterocycles. The molecule has 1 atom stereocenters. The van der Waals surface area contributed by atoms with E-state index in [1.807, 2.05) is 11.0 Å². The highest BCUT2D eigenvalue weighted by Gasteiger charge is 2.30. The zero-order valence-corrected chi connectivity index (χ0v) is 15.4. The maximum Gasteiger partial charge on any atom is 0.223 e. The first-order valence-electron chi connectivity index (χ1n) is 9.56. The maximum absolute atomic E-state index is 11.9. The predicted octanol–water partition coefficient (Wildman–Crippen LogP) is 4.32. The summed E-state index contributed by atoms with van der Waals surface area (Å²) in [7, 11) is 0. The number of hydrogen-bond acceptors (Lipinski definition) is 2. The Hall–Kier alpha value is -2.39. The van der Waals surface area contributed by atoms with Gasteiger partial charge in [-0.15, -0.1) is 0 Å². The summed E-state index contributed by atoms with van der Waals surface area (Å²) in [5, 5.41) is 0. The van der Waals surface area contributed by atoms with E-state index in [1.54, 1.807) is 6.92 Å². The molecular weight excluding hydrogens is 320 g/mol. The molecule has 0 saturated heterocycles. The maximum atomic E-state index is 11.9. The molecule has 2 aromatic rings. The highest BCUT2D eigenvalue weighted by Crippen LogP contribution is 2.38. The highest BCUT2D eigenvalue weighted by atomic mass is 16.2. The Balaban J connectivity index is 1.37. The van der Waals surface area contributed by atoms with E-state index in [9.17, 15) is 4.79 Å². The van der Waals surface area contributed by atoms with E-state index in [0.717, 1.165) is 44.7 Å². The van der Waals surface area contributed by atoms with Gasteiger partial charge in [-0.05, 0) is 42.2 Å². The first-order valence-corrected chi connectivity index (χ1v) is 9.56. The van der Waals surface area contributed by atoms with Crippen LogP contribution in [0.1, 0.15) is 36.8 Å². The van der Waals surface area contributed by atoms with Gasteiger partial charge in [0.25, 0.3) is 0 Å². The first-order chi connectivity index (χ1) is 12.7. The molecule has 0 spiro atoms. The molecule has 2 heterocycles. The van der Waals surface area contributed by atoms with Crippen LogP contribution in [0, 0.1) is 0 Å². The van der Waals surface area contributed by atoms with Crippen molar-refractivity contribution < 1.29 is 4.79 Å². The third kappa shape index (κ3) is 3.45. The lowest BCUT2D eigenvalue weighted by atomic mass is 9.96. The van der Waals surface area contributed by atoms with Crippen LogP contribution in [0.4, 0.5) is 5.69 Å². The van der Waals surface area contributed by atoms with Crippen LogP contribution in [0.2, 0.25) is 0 Å². The average Bonchev–Trinajstić information content (AvgIpc) is 3.07. The summed E-state index contributed by atoms with van der Waals surface area (Å²) in [6, 6.07) is 19.1. The molecule has 0 aliphatic carbocycles. The van der Waals surface area contributed by atoms with Gasteiger partial charge >= 0.3 is 0 Å². The van der Waals surface area contributed by atoms with Gasteiger partial charge in [-0.1, -0.05) is 54.6 Å². The van der Waals surface area contributed by atoms with Gasteiger partial charge in [-0.2, -0.15) is 0 Å². The van der Waals surface area contributed by atoms with Crippen molar-refractivity contribution in [3.63, 3.8) is 0 Å². The Morgan fingerprint density at radius 2 is 1.85 bits per heavy atom. The summed E-state index contributed by atoms with van der Waals surface area (Å²) in [4.78, 5) is 16.4. The van der Waals surface area contributed by atoms with Crippen LogP contribution in [0.5, 0.6) is 0 Å². The molecule has 0 N–H and O–H groups in total. The molecule has 0 bridgehead atoms. The molecule has 0 fully saturated rings. The Morgan fingerprint density at radius 1 is 1.08 bits per heavy atom. The van der Waals surface area contributed by atoms with Crippen LogP contribution in [-0.2, 0) is 4.79 Å². The van der Waals surface area contributed by atoms with Gasteiger partial charge in [0, 0.05) is 38.2 Å². The standard InChI is InChI=1S/C23H26N2O/c1-18(26)25-17-21(22-9-5-6-10-23(22)25)13-16-24-14-11-20(12-15-24)19-7-3-2-4-8-19/h2-11,21H,12-17H2,1H3. The van der Waals surface area contributed by atoms with Gasteiger partial charge in [0.15, 0.2) is 0 Å². The number of hydrogen-bond donors (Lipinski definition) is 0. The van der Waals surface area contributed by atoms with Crippen molar-refractivity contribution in [2.24, 2.45) is 0 Å². The van der Waals surface area contributed by atoms with E-state index in [4.69, 9.17) is 0 Å². The molecule has 0 radical (unpaired) electrons. The van der Waals surface area contributed by atoms with E-state index in [-0.39, 0.29) is 5.91 Å². The topological polar surface area (TPSA) is 23.6 Å². The molecule has 134 valence electrons. The number of anilines is 1. The van der Waals surface area contributed by atoms with E-state index < -0.39 is 0 Å². The molecule has 1 amide bonds. The molecule has 3 nitrogen and oxygen atoms in total. The lowest BCUT2D eigenvalue weighted by Gasteiger charge is -2.27. The van der Waals surface area contributed by atoms with Gasteiger partial charge in [-0.3, -0.25) is 9.69 Å². The molecule has 2 aromatic carbocycles. The van der Waals surface area contributed by atoms with Gasteiger partial charge in [0.05, 0.1) is 0 Å². The van der Waals surface area contributed by atoms with Crippen molar-refractivity contribution in [1.82, 2.24) is 4.90 Å². The summed E-state index contributed by atoms with van der Waals surface area (Å²) >= 11 is 0. The van der Waals surface area contributed by atoms with Crippen LogP contribution in [0.25, 0.3) is 5.57 Å². The fourth-order valence-electron chi connectivity index (χ4n) is 4.21. The Kier molecular flexibility index (Phi) is 4.89. The molecule has 3 heteroatoms. The minimum Gasteiger partial charge on any atom is -0.312 e. The van der Waals surface area contributed by atoms with E-state index in [2.05, 4.69) is 59.5 Å². The normalized spacial score (nSPS) is 20.0. The second-order valence-electron chi connectivity index (χ2n) is 7.32. The third-order valence-electron chi connectivity index (χ3n) is 5.68. The molecule has 4 rings (SSSR count). The Bertz CT molecular complexity index is 812. The second kappa shape index (κ2) is 7.46. The lowest BCUT2D eigenvalue weighted by Crippen LogP contribution is -2.31. The van der Waals surface area contributed by atoms with Crippen molar-refractivity contribution >= 4 is 17.2 Å². The molecule has 2 aliphatic rings. The lowest BCUT2D eigenvalue weighted by molar-refractivity contribution is -0.116. The van der Waals surface area contributed by atoms with Gasteiger partial charge < -0.3 is 4.90 Å². The fourth-order valence-corrected chi connectivity index (χ4v) is 4.21. The number of benzene rings is 2. The Labute approximate surface area is 155 Å². The van der Waals surface area contributed by atoms with Gasteiger partial charge in [0.1, 0.15) is 0 Å². The fraction of sp³-hybridized carbons (Fsp3) is 0.348. The minimum atomic E-state index is 0.147. The average molecular weight is 346 g/mol. The van der Waals surface area contributed by atoms with Crippen LogP contribution in [-0.4, -0.2) is 37.0 Å². The molecular formula is C23H26N2O. The second-order valence-corrected chi connectivity index (χ2v) is 7.32. The SMILES string of the molecule is CC(=O)N1CC(CCN2CC=C(c3ccccc3)CC2)c2ccccc21. The van der Waals surface area contributed by atoms with E-state index in [0.29, 0.717) is 5.92 Å². The largest absolute Gasteiger partial charge is 0.312 e. The molecule has 0 saturated carbocycles. The highest BCUT2D eigenvalue weighted by molar-refractivity contribution is 5.94. The smallest absolute Gasteiger partial charge is 0.223 e. The summed E-state index contributed by atoms with van der Waals surface area (Å²) < 4.78 is 0. The summed E-state index contributed by atoms with van der Waals surface area (Å²) in [5.41, 5.74) is 5.26. The Morgan fingerprint density at radius 3 is 2.58 bits per heavy atom. The molecule has 0 aromatic heterocycles. The van der Waals surface area contributed by atoms with Gasteiger partial charge in [0.2, 0.25) is 5.91 Å². The first kappa shape index (κ1) is 17.0. The number of carbonyl (C=O) groups excluding carboxylic acids is 1. The van der Waals surface area contributed by atoms with Crippen molar-refractivity contribution in [1.29, 1.82) is 0 Å².